The van der Waals surface area contributed by atoms with Crippen molar-refractivity contribution >= 4 is 17.7 Å². The maximum atomic E-state index is 12.4. The second-order valence-electron chi connectivity index (χ2n) is 9.47. The highest BCUT2D eigenvalue weighted by Crippen LogP contribution is 2.33. The van der Waals surface area contributed by atoms with E-state index < -0.39 is 0 Å². The van der Waals surface area contributed by atoms with Gasteiger partial charge in [0, 0.05) is 11.0 Å². The molecule has 4 nitrogen and oxygen atoms in total. The lowest BCUT2D eigenvalue weighted by atomic mass is 9.87. The first-order valence-corrected chi connectivity index (χ1v) is 12.3. The summed E-state index contributed by atoms with van der Waals surface area (Å²) in [5.41, 5.74) is 2.92. The predicted molar refractivity (Wildman–Crippen MR) is 120 cm³/mol. The number of rotatable bonds is 7. The quantitative estimate of drug-likeness (QED) is 0.687. The molecule has 0 amide bonds. The van der Waals surface area contributed by atoms with E-state index in [1.165, 1.54) is 28.9 Å². The molecule has 3 rings (SSSR count). The zero-order chi connectivity index (χ0) is 20.7. The minimum atomic E-state index is -0.0176. The largest absolute Gasteiger partial charge is 0.461 e. The molecule has 1 saturated carbocycles. The lowest BCUT2D eigenvalue weighted by Gasteiger charge is -2.31. The molecule has 0 bridgehead atoms. The van der Waals surface area contributed by atoms with Gasteiger partial charge in [0.1, 0.15) is 19.2 Å². The molecule has 5 heteroatoms. The highest BCUT2D eigenvalue weighted by molar-refractivity contribution is 7.99. The maximum absolute atomic E-state index is 12.4. The van der Waals surface area contributed by atoms with Crippen LogP contribution in [0.25, 0.3) is 0 Å². The molecule has 0 unspecified atom stereocenters. The van der Waals surface area contributed by atoms with Gasteiger partial charge in [-0.15, -0.1) is 11.8 Å². The summed E-state index contributed by atoms with van der Waals surface area (Å²) >= 11 is 1.96. The summed E-state index contributed by atoms with van der Waals surface area (Å²) in [6, 6.07) is 9.01. The standard InChI is InChI=1S/C24H37NO3S/c1-24(2,3)20-10-8-19(9-11-20)18-29-22-7-5-4-6-21(22)28-23(26)12-13-25-14-16-27-17-15-25/h8-11,21-22H,4-7,12-18H2,1-3H3/p+1/t21-,22+/m0/s1. The molecule has 0 aromatic heterocycles. The fourth-order valence-electron chi connectivity index (χ4n) is 4.11. The molecule has 2 fully saturated rings. The zero-order valence-electron chi connectivity index (χ0n) is 18.4. The van der Waals surface area contributed by atoms with E-state index in [1.807, 2.05) is 11.8 Å². The van der Waals surface area contributed by atoms with E-state index in [4.69, 9.17) is 9.47 Å². The van der Waals surface area contributed by atoms with Gasteiger partial charge in [0.15, 0.2) is 0 Å². The van der Waals surface area contributed by atoms with Crippen molar-refractivity contribution in [3.63, 3.8) is 0 Å². The van der Waals surface area contributed by atoms with Gasteiger partial charge >= 0.3 is 5.97 Å². The first kappa shape index (κ1) is 22.6. The first-order valence-electron chi connectivity index (χ1n) is 11.2. The number of carbonyl (C=O) groups excluding carboxylic acids is 1. The average Bonchev–Trinajstić information content (AvgIpc) is 2.72. The Labute approximate surface area is 180 Å². The molecule has 1 heterocycles. The van der Waals surface area contributed by atoms with Crippen LogP contribution in [-0.4, -0.2) is 50.2 Å². The molecule has 29 heavy (non-hydrogen) atoms. The van der Waals surface area contributed by atoms with Gasteiger partial charge in [-0.05, 0) is 35.8 Å². The van der Waals surface area contributed by atoms with Gasteiger partial charge in [-0.2, -0.15) is 0 Å². The summed E-state index contributed by atoms with van der Waals surface area (Å²) in [5.74, 6) is 0.970. The Hall–Kier alpha value is -1.04. The lowest BCUT2D eigenvalue weighted by molar-refractivity contribution is -0.907. The normalized spacial score (nSPS) is 23.7. The van der Waals surface area contributed by atoms with Crippen LogP contribution in [0, 0.1) is 0 Å². The highest BCUT2D eigenvalue weighted by atomic mass is 32.2. The molecule has 2 aliphatic rings. The van der Waals surface area contributed by atoms with Gasteiger partial charge < -0.3 is 14.4 Å². The third kappa shape index (κ3) is 7.30. The van der Waals surface area contributed by atoms with Crippen molar-refractivity contribution in [3.05, 3.63) is 35.4 Å². The van der Waals surface area contributed by atoms with Crippen LogP contribution in [0.5, 0.6) is 0 Å². The van der Waals surface area contributed by atoms with Crippen LogP contribution in [0.4, 0.5) is 0 Å². The van der Waals surface area contributed by atoms with Gasteiger partial charge in [-0.3, -0.25) is 4.79 Å². The van der Waals surface area contributed by atoms with Crippen LogP contribution in [0.1, 0.15) is 64.0 Å². The van der Waals surface area contributed by atoms with E-state index in [-0.39, 0.29) is 17.5 Å². The maximum Gasteiger partial charge on any atom is 0.311 e. The van der Waals surface area contributed by atoms with Gasteiger partial charge in [0.25, 0.3) is 0 Å². The number of esters is 1. The van der Waals surface area contributed by atoms with E-state index >= 15 is 0 Å². The molecule has 162 valence electrons. The van der Waals surface area contributed by atoms with Crippen molar-refractivity contribution in [2.24, 2.45) is 0 Å². The number of hydrogen-bond donors (Lipinski definition) is 1. The molecule has 2 atom stereocenters. The Morgan fingerprint density at radius 3 is 2.52 bits per heavy atom. The lowest BCUT2D eigenvalue weighted by Crippen LogP contribution is -3.14. The summed E-state index contributed by atoms with van der Waals surface area (Å²) in [6.45, 7) is 11.2. The predicted octanol–water partition coefficient (Wildman–Crippen LogP) is 3.38. The van der Waals surface area contributed by atoms with E-state index in [2.05, 4.69) is 45.0 Å². The van der Waals surface area contributed by atoms with Crippen LogP contribution in [0.2, 0.25) is 0 Å². The van der Waals surface area contributed by atoms with Crippen molar-refractivity contribution < 1.29 is 19.2 Å². The van der Waals surface area contributed by atoms with Gasteiger partial charge in [0.05, 0.1) is 26.2 Å². The molecule has 1 aromatic carbocycles. The summed E-state index contributed by atoms with van der Waals surface area (Å²) in [5, 5.41) is 0.422. The van der Waals surface area contributed by atoms with Crippen LogP contribution in [0.3, 0.4) is 0 Å². The number of quaternary nitrogens is 1. The van der Waals surface area contributed by atoms with Crippen LogP contribution >= 0.6 is 11.8 Å². The smallest absolute Gasteiger partial charge is 0.311 e. The fraction of sp³-hybridized carbons (Fsp3) is 0.708. The molecular formula is C24H38NO3S+. The second-order valence-corrected chi connectivity index (χ2v) is 10.7. The summed E-state index contributed by atoms with van der Waals surface area (Å²) < 4.78 is 11.3. The molecule has 1 aliphatic heterocycles. The molecule has 1 saturated heterocycles. The van der Waals surface area contributed by atoms with Gasteiger partial charge in [-0.1, -0.05) is 51.5 Å². The third-order valence-corrected chi connectivity index (χ3v) is 7.56. The van der Waals surface area contributed by atoms with Crippen molar-refractivity contribution in [2.45, 2.75) is 75.4 Å². The monoisotopic (exact) mass is 420 g/mol. The van der Waals surface area contributed by atoms with Crippen LogP contribution < -0.4 is 4.90 Å². The van der Waals surface area contributed by atoms with E-state index in [0.717, 1.165) is 51.4 Å². The van der Waals surface area contributed by atoms with Crippen LogP contribution in [0.15, 0.2) is 24.3 Å². The minimum absolute atomic E-state index is 0.0176. The van der Waals surface area contributed by atoms with Crippen molar-refractivity contribution in [2.75, 3.05) is 32.8 Å². The minimum Gasteiger partial charge on any atom is -0.461 e. The number of nitrogens with one attached hydrogen (secondary N) is 1. The zero-order valence-corrected chi connectivity index (χ0v) is 19.2. The van der Waals surface area contributed by atoms with Crippen LogP contribution in [-0.2, 0) is 25.4 Å². The average molecular weight is 421 g/mol. The van der Waals surface area contributed by atoms with E-state index in [0.29, 0.717) is 11.7 Å². The van der Waals surface area contributed by atoms with Crippen molar-refractivity contribution in [1.82, 2.24) is 0 Å². The van der Waals surface area contributed by atoms with Crippen molar-refractivity contribution in [1.29, 1.82) is 0 Å². The van der Waals surface area contributed by atoms with E-state index in [1.54, 1.807) is 0 Å². The third-order valence-electron chi connectivity index (χ3n) is 6.09. The van der Waals surface area contributed by atoms with Gasteiger partial charge in [0.2, 0.25) is 0 Å². The van der Waals surface area contributed by atoms with E-state index in [9.17, 15) is 4.79 Å². The highest BCUT2D eigenvalue weighted by Gasteiger charge is 2.29. The Bertz CT molecular complexity index is 635. The molecule has 0 spiro atoms. The SMILES string of the molecule is CC(C)(C)c1ccc(CS[C@@H]2CCCC[C@@H]2OC(=O)CC[NH+]2CCOCC2)cc1. The number of hydrogen-bond acceptors (Lipinski definition) is 4. The topological polar surface area (TPSA) is 40.0 Å². The fourth-order valence-corrected chi connectivity index (χ4v) is 5.45. The number of thioether (sulfide) groups is 1. The molecule has 1 N–H and O–H groups in total. The summed E-state index contributed by atoms with van der Waals surface area (Å²) in [7, 11) is 0. The molecular weight excluding hydrogens is 382 g/mol. The Morgan fingerprint density at radius 2 is 1.83 bits per heavy atom. The number of morpholine rings is 1. The number of benzene rings is 1. The first-order chi connectivity index (χ1) is 13.9. The molecule has 1 aliphatic carbocycles. The summed E-state index contributed by atoms with van der Waals surface area (Å²) in [6.07, 6.45) is 5.18. The number of carbonyl (C=O) groups is 1. The molecule has 1 aromatic rings. The summed E-state index contributed by atoms with van der Waals surface area (Å²) in [4.78, 5) is 13.9. The van der Waals surface area contributed by atoms with Crippen molar-refractivity contribution in [3.8, 4) is 0 Å². The number of ether oxygens (including phenoxy) is 2. The Balaban J connectivity index is 1.45. The second kappa shape index (κ2) is 10.8. The Kier molecular flexibility index (Phi) is 8.45. The van der Waals surface area contributed by atoms with Gasteiger partial charge in [-0.25, -0.2) is 0 Å². The Morgan fingerprint density at radius 1 is 1.14 bits per heavy atom. The molecule has 0 radical (unpaired) electrons.